The molecule has 2 rings (SSSR count). The van der Waals surface area contributed by atoms with Crippen LogP contribution in [-0.4, -0.2) is 48.9 Å². The number of hydrogen-bond donors (Lipinski definition) is 0. The van der Waals surface area contributed by atoms with Gasteiger partial charge in [-0.1, -0.05) is 23.8 Å². The standard InChI is InChI=1S/C20H29FN2O/c1-16(2)13-20(24)22(3)14-17-7-6-11-23(15-17)12-10-18-8-4-5-9-19(18)21/h4-5,8-9,13,17H,6-7,10-12,14-15H2,1-3H3/t17-/m1/s1. The number of likely N-dealkylation sites (N-methyl/N-ethyl adjacent to an activating group) is 1. The smallest absolute Gasteiger partial charge is 0.246 e. The van der Waals surface area contributed by atoms with E-state index >= 15 is 0 Å². The minimum absolute atomic E-state index is 0.0819. The lowest BCUT2D eigenvalue weighted by Crippen LogP contribution is -2.42. The van der Waals surface area contributed by atoms with E-state index in [9.17, 15) is 9.18 Å². The molecular weight excluding hydrogens is 303 g/mol. The highest BCUT2D eigenvalue weighted by Gasteiger charge is 2.22. The van der Waals surface area contributed by atoms with Gasteiger partial charge in [0.05, 0.1) is 0 Å². The van der Waals surface area contributed by atoms with Gasteiger partial charge in [-0.15, -0.1) is 0 Å². The molecule has 0 aliphatic carbocycles. The van der Waals surface area contributed by atoms with Crippen molar-refractivity contribution in [2.75, 3.05) is 33.2 Å². The van der Waals surface area contributed by atoms with Gasteiger partial charge in [-0.2, -0.15) is 0 Å². The van der Waals surface area contributed by atoms with Crippen molar-refractivity contribution in [3.63, 3.8) is 0 Å². The van der Waals surface area contributed by atoms with Gasteiger partial charge in [-0.05, 0) is 57.2 Å². The van der Waals surface area contributed by atoms with E-state index in [1.165, 1.54) is 6.07 Å². The highest BCUT2D eigenvalue weighted by Crippen LogP contribution is 2.18. The van der Waals surface area contributed by atoms with Crippen molar-refractivity contribution in [1.29, 1.82) is 0 Å². The maximum absolute atomic E-state index is 13.7. The zero-order valence-electron chi connectivity index (χ0n) is 15.1. The third-order valence-corrected chi connectivity index (χ3v) is 4.58. The summed E-state index contributed by atoms with van der Waals surface area (Å²) in [5.41, 5.74) is 1.82. The first-order valence-electron chi connectivity index (χ1n) is 8.81. The lowest BCUT2D eigenvalue weighted by Gasteiger charge is -2.34. The third kappa shape index (κ3) is 5.75. The number of allylic oxidation sites excluding steroid dienone is 1. The maximum Gasteiger partial charge on any atom is 0.246 e. The number of hydrogen-bond acceptors (Lipinski definition) is 2. The Morgan fingerprint density at radius 2 is 2.12 bits per heavy atom. The molecule has 0 bridgehead atoms. The van der Waals surface area contributed by atoms with Crippen LogP contribution >= 0.6 is 0 Å². The van der Waals surface area contributed by atoms with E-state index in [1.54, 1.807) is 12.1 Å². The van der Waals surface area contributed by atoms with Crippen molar-refractivity contribution in [3.8, 4) is 0 Å². The molecule has 1 atom stereocenters. The van der Waals surface area contributed by atoms with E-state index < -0.39 is 0 Å². The molecule has 1 aromatic carbocycles. The first-order chi connectivity index (χ1) is 11.5. The van der Waals surface area contributed by atoms with Gasteiger partial charge in [0.1, 0.15) is 5.82 Å². The zero-order chi connectivity index (χ0) is 17.5. The summed E-state index contributed by atoms with van der Waals surface area (Å²) in [6, 6.07) is 7.01. The van der Waals surface area contributed by atoms with E-state index in [4.69, 9.17) is 0 Å². The molecule has 1 aliphatic heterocycles. The van der Waals surface area contributed by atoms with Crippen molar-refractivity contribution < 1.29 is 9.18 Å². The summed E-state index contributed by atoms with van der Waals surface area (Å²) in [5.74, 6) is 0.468. The molecule has 1 fully saturated rings. The Kier molecular flexibility index (Phi) is 6.98. The molecule has 1 saturated heterocycles. The lowest BCUT2D eigenvalue weighted by atomic mass is 9.97. The predicted molar refractivity (Wildman–Crippen MR) is 96.3 cm³/mol. The predicted octanol–water partition coefficient (Wildman–Crippen LogP) is 3.50. The van der Waals surface area contributed by atoms with Crippen molar-refractivity contribution in [2.45, 2.75) is 33.1 Å². The molecular formula is C20H29FN2O. The highest BCUT2D eigenvalue weighted by atomic mass is 19.1. The first-order valence-corrected chi connectivity index (χ1v) is 8.81. The van der Waals surface area contributed by atoms with Gasteiger partial charge >= 0.3 is 0 Å². The van der Waals surface area contributed by atoms with Gasteiger partial charge in [-0.3, -0.25) is 4.79 Å². The van der Waals surface area contributed by atoms with Crippen molar-refractivity contribution >= 4 is 5.91 Å². The van der Waals surface area contributed by atoms with Gasteiger partial charge < -0.3 is 9.80 Å². The molecule has 0 unspecified atom stereocenters. The Bertz CT molecular complexity index is 581. The fraction of sp³-hybridized carbons (Fsp3) is 0.550. The maximum atomic E-state index is 13.7. The number of halogens is 1. The number of nitrogens with zero attached hydrogens (tertiary/aromatic N) is 2. The molecule has 0 radical (unpaired) electrons. The highest BCUT2D eigenvalue weighted by molar-refractivity contribution is 5.87. The Morgan fingerprint density at radius 1 is 1.38 bits per heavy atom. The summed E-state index contributed by atoms with van der Waals surface area (Å²) in [4.78, 5) is 16.3. The van der Waals surface area contributed by atoms with Crippen molar-refractivity contribution in [2.24, 2.45) is 5.92 Å². The van der Waals surface area contributed by atoms with Crippen LogP contribution in [0.15, 0.2) is 35.9 Å². The average molecular weight is 332 g/mol. The topological polar surface area (TPSA) is 23.6 Å². The number of likely N-dealkylation sites (tertiary alicyclic amines) is 1. The van der Waals surface area contributed by atoms with Crippen LogP contribution in [0.25, 0.3) is 0 Å². The summed E-state index contributed by atoms with van der Waals surface area (Å²) in [6.45, 7) is 7.60. The van der Waals surface area contributed by atoms with E-state index in [-0.39, 0.29) is 11.7 Å². The van der Waals surface area contributed by atoms with Crippen LogP contribution in [0.5, 0.6) is 0 Å². The monoisotopic (exact) mass is 332 g/mol. The quantitative estimate of drug-likeness (QED) is 0.744. The molecule has 0 aromatic heterocycles. The number of piperidine rings is 1. The van der Waals surface area contributed by atoms with Gasteiger partial charge in [0.25, 0.3) is 0 Å². The average Bonchev–Trinajstić information content (AvgIpc) is 2.54. The van der Waals surface area contributed by atoms with Gasteiger partial charge in [0, 0.05) is 32.8 Å². The number of rotatable bonds is 6. The summed E-state index contributed by atoms with van der Waals surface area (Å²) in [6.07, 6.45) is 4.74. The summed E-state index contributed by atoms with van der Waals surface area (Å²) in [5, 5.41) is 0. The van der Waals surface area contributed by atoms with Crippen LogP contribution in [0.2, 0.25) is 0 Å². The van der Waals surface area contributed by atoms with E-state index in [0.29, 0.717) is 5.92 Å². The molecule has 24 heavy (non-hydrogen) atoms. The molecule has 3 nitrogen and oxygen atoms in total. The molecule has 0 N–H and O–H groups in total. The second-order valence-corrected chi connectivity index (χ2v) is 7.09. The van der Waals surface area contributed by atoms with Crippen LogP contribution < -0.4 is 0 Å². The molecule has 132 valence electrons. The Hall–Kier alpha value is -1.68. The number of carbonyl (C=O) groups excluding carboxylic acids is 1. The first kappa shape index (κ1) is 18.7. The second-order valence-electron chi connectivity index (χ2n) is 7.09. The minimum atomic E-state index is -0.113. The van der Waals surface area contributed by atoms with Crippen molar-refractivity contribution in [1.82, 2.24) is 9.80 Å². The van der Waals surface area contributed by atoms with Crippen LogP contribution in [-0.2, 0) is 11.2 Å². The van der Waals surface area contributed by atoms with Crippen LogP contribution in [0, 0.1) is 11.7 Å². The number of benzene rings is 1. The molecule has 1 aliphatic rings. The summed E-state index contributed by atoms with van der Waals surface area (Å²) < 4.78 is 13.7. The molecule has 1 aromatic rings. The minimum Gasteiger partial charge on any atom is -0.342 e. The number of amides is 1. The van der Waals surface area contributed by atoms with Crippen LogP contribution in [0.4, 0.5) is 4.39 Å². The molecule has 0 spiro atoms. The van der Waals surface area contributed by atoms with Crippen LogP contribution in [0.1, 0.15) is 32.3 Å². The molecule has 1 amide bonds. The van der Waals surface area contributed by atoms with Crippen LogP contribution in [0.3, 0.4) is 0 Å². The molecule has 0 saturated carbocycles. The van der Waals surface area contributed by atoms with Crippen molar-refractivity contribution in [3.05, 3.63) is 47.3 Å². The summed E-state index contributed by atoms with van der Waals surface area (Å²) >= 11 is 0. The van der Waals surface area contributed by atoms with E-state index in [2.05, 4.69) is 4.90 Å². The Balaban J connectivity index is 1.82. The van der Waals surface area contributed by atoms with Gasteiger partial charge in [-0.25, -0.2) is 4.39 Å². The molecule has 4 heteroatoms. The zero-order valence-corrected chi connectivity index (χ0v) is 15.1. The SMILES string of the molecule is CC(C)=CC(=O)N(C)C[C@H]1CCCN(CCc2ccccc2F)C1. The second kappa shape index (κ2) is 8.97. The normalized spacial score (nSPS) is 18.2. The fourth-order valence-corrected chi connectivity index (χ4v) is 3.32. The fourth-order valence-electron chi connectivity index (χ4n) is 3.32. The Labute approximate surface area is 145 Å². The van der Waals surface area contributed by atoms with E-state index in [1.807, 2.05) is 37.9 Å². The molecule has 1 heterocycles. The summed E-state index contributed by atoms with van der Waals surface area (Å²) in [7, 11) is 1.88. The van der Waals surface area contributed by atoms with E-state index in [0.717, 1.165) is 56.6 Å². The Morgan fingerprint density at radius 3 is 2.83 bits per heavy atom. The largest absolute Gasteiger partial charge is 0.342 e. The third-order valence-electron chi connectivity index (χ3n) is 4.58. The van der Waals surface area contributed by atoms with Gasteiger partial charge in [0.15, 0.2) is 0 Å². The van der Waals surface area contributed by atoms with Gasteiger partial charge in [0.2, 0.25) is 5.91 Å². The number of carbonyl (C=O) groups is 1. The lowest BCUT2D eigenvalue weighted by molar-refractivity contribution is -0.125.